The van der Waals surface area contributed by atoms with Crippen LogP contribution in [0, 0.1) is 11.6 Å². The summed E-state index contributed by atoms with van der Waals surface area (Å²) in [6, 6.07) is 2.93. The van der Waals surface area contributed by atoms with E-state index >= 15 is 0 Å². The van der Waals surface area contributed by atoms with Gasteiger partial charge in [-0.3, -0.25) is 4.79 Å². The van der Waals surface area contributed by atoms with Gasteiger partial charge in [0.15, 0.2) is 5.69 Å². The Morgan fingerprint density at radius 2 is 1.79 bits per heavy atom. The predicted octanol–water partition coefficient (Wildman–Crippen LogP) is 3.60. The molecule has 2 aromatic heterocycles. The molecule has 1 aliphatic carbocycles. The van der Waals surface area contributed by atoms with Crippen LogP contribution < -0.4 is 5.73 Å². The Balaban J connectivity index is 1.74. The van der Waals surface area contributed by atoms with Crippen LogP contribution in [0.1, 0.15) is 40.5 Å². The van der Waals surface area contributed by atoms with Gasteiger partial charge in [-0.05, 0) is 31.0 Å². The maximum atomic E-state index is 14.5. The molecule has 2 heterocycles. The van der Waals surface area contributed by atoms with Crippen LogP contribution in [0.4, 0.5) is 22.0 Å². The lowest BCUT2D eigenvalue weighted by Crippen LogP contribution is -2.16. The highest BCUT2D eigenvalue weighted by atomic mass is 19.4. The standard InChI is InChI=1S/C18H12F5N5O/c19-11-4-3-10(15(20)14(11)16(24)29)9-6-25-17(26-7-9)28-12(8-1-2-8)5-13(27-28)18(21,22)23/h3-8H,1-2H2,(H2,24,29). The van der Waals surface area contributed by atoms with Crippen molar-refractivity contribution in [2.75, 3.05) is 0 Å². The van der Waals surface area contributed by atoms with Gasteiger partial charge in [-0.1, -0.05) is 0 Å². The van der Waals surface area contributed by atoms with Gasteiger partial charge in [0, 0.05) is 29.4 Å². The first-order valence-electron chi connectivity index (χ1n) is 8.44. The Bertz CT molecular complexity index is 1100. The summed E-state index contributed by atoms with van der Waals surface area (Å²) in [6.45, 7) is 0. The minimum Gasteiger partial charge on any atom is -0.365 e. The molecule has 11 heteroatoms. The SMILES string of the molecule is NC(=O)c1c(F)ccc(-c2cnc(-n3nc(C(F)(F)F)cc3C3CC3)nc2)c1F. The Labute approximate surface area is 160 Å². The van der Waals surface area contributed by atoms with E-state index in [9.17, 15) is 26.7 Å². The predicted molar refractivity (Wildman–Crippen MR) is 90.0 cm³/mol. The Morgan fingerprint density at radius 3 is 2.34 bits per heavy atom. The number of rotatable bonds is 4. The average Bonchev–Trinajstić information content (AvgIpc) is 3.39. The Morgan fingerprint density at radius 1 is 1.14 bits per heavy atom. The molecule has 3 aromatic rings. The van der Waals surface area contributed by atoms with Crippen molar-refractivity contribution in [2.45, 2.75) is 24.9 Å². The van der Waals surface area contributed by atoms with Gasteiger partial charge >= 0.3 is 6.18 Å². The Hall–Kier alpha value is -3.37. The van der Waals surface area contributed by atoms with E-state index in [1.807, 2.05) is 0 Å². The second-order valence-electron chi connectivity index (χ2n) is 6.56. The fraction of sp³-hybridized carbons (Fsp3) is 0.222. The molecule has 1 aliphatic rings. The lowest BCUT2D eigenvalue weighted by molar-refractivity contribution is -0.141. The molecule has 29 heavy (non-hydrogen) atoms. The topological polar surface area (TPSA) is 86.7 Å². The fourth-order valence-electron chi connectivity index (χ4n) is 2.94. The molecule has 1 aromatic carbocycles. The molecule has 2 N–H and O–H groups in total. The summed E-state index contributed by atoms with van der Waals surface area (Å²) in [7, 11) is 0. The second-order valence-corrected chi connectivity index (χ2v) is 6.56. The first kappa shape index (κ1) is 19.0. The van der Waals surface area contributed by atoms with Gasteiger partial charge in [0.25, 0.3) is 11.9 Å². The van der Waals surface area contributed by atoms with Crippen molar-refractivity contribution < 1.29 is 26.7 Å². The van der Waals surface area contributed by atoms with Crippen LogP contribution in [0.15, 0.2) is 30.6 Å². The van der Waals surface area contributed by atoms with Gasteiger partial charge in [0.05, 0.1) is 5.69 Å². The number of carbonyl (C=O) groups is 1. The summed E-state index contributed by atoms with van der Waals surface area (Å²) in [4.78, 5) is 19.2. The van der Waals surface area contributed by atoms with E-state index in [0.29, 0.717) is 5.69 Å². The normalized spacial score (nSPS) is 14.2. The maximum absolute atomic E-state index is 14.5. The lowest BCUT2D eigenvalue weighted by atomic mass is 10.0. The van der Waals surface area contributed by atoms with Crippen molar-refractivity contribution in [1.82, 2.24) is 19.7 Å². The van der Waals surface area contributed by atoms with Gasteiger partial charge in [-0.2, -0.15) is 18.3 Å². The van der Waals surface area contributed by atoms with Crippen LogP contribution in [0.2, 0.25) is 0 Å². The summed E-state index contributed by atoms with van der Waals surface area (Å²) < 4.78 is 68.2. The lowest BCUT2D eigenvalue weighted by Gasteiger charge is -2.09. The number of aromatic nitrogens is 4. The van der Waals surface area contributed by atoms with Crippen molar-refractivity contribution >= 4 is 5.91 Å². The molecular weight excluding hydrogens is 397 g/mol. The maximum Gasteiger partial charge on any atom is 0.435 e. The first-order valence-corrected chi connectivity index (χ1v) is 8.44. The largest absolute Gasteiger partial charge is 0.435 e. The third-order valence-corrected chi connectivity index (χ3v) is 4.50. The van der Waals surface area contributed by atoms with Crippen molar-refractivity contribution in [3.05, 3.63) is 59.2 Å². The highest BCUT2D eigenvalue weighted by Crippen LogP contribution is 2.42. The van der Waals surface area contributed by atoms with Crippen molar-refractivity contribution in [2.24, 2.45) is 5.73 Å². The van der Waals surface area contributed by atoms with Gasteiger partial charge in [-0.15, -0.1) is 0 Å². The molecule has 0 aliphatic heterocycles. The number of benzene rings is 1. The molecule has 0 saturated heterocycles. The molecule has 0 radical (unpaired) electrons. The minimum absolute atomic E-state index is 0.0606. The van der Waals surface area contributed by atoms with Crippen LogP contribution in [0.3, 0.4) is 0 Å². The quantitative estimate of drug-likeness (QED) is 0.667. The van der Waals surface area contributed by atoms with E-state index in [4.69, 9.17) is 5.73 Å². The van der Waals surface area contributed by atoms with Crippen LogP contribution in [-0.4, -0.2) is 25.7 Å². The second kappa shape index (κ2) is 6.61. The molecule has 6 nitrogen and oxygen atoms in total. The summed E-state index contributed by atoms with van der Waals surface area (Å²) in [6.07, 6.45) is -0.850. The zero-order valence-corrected chi connectivity index (χ0v) is 14.5. The monoisotopic (exact) mass is 409 g/mol. The van der Waals surface area contributed by atoms with Crippen molar-refractivity contribution in [1.29, 1.82) is 0 Å². The van der Waals surface area contributed by atoms with Crippen LogP contribution >= 0.6 is 0 Å². The number of alkyl halides is 3. The molecule has 0 spiro atoms. The van der Waals surface area contributed by atoms with E-state index in [1.54, 1.807) is 0 Å². The highest BCUT2D eigenvalue weighted by molar-refractivity contribution is 5.94. The van der Waals surface area contributed by atoms with E-state index in [1.165, 1.54) is 0 Å². The number of amides is 1. The average molecular weight is 409 g/mol. The van der Waals surface area contributed by atoms with E-state index in [-0.39, 0.29) is 23.0 Å². The van der Waals surface area contributed by atoms with E-state index < -0.39 is 35.0 Å². The zero-order valence-electron chi connectivity index (χ0n) is 14.5. The molecule has 1 saturated carbocycles. The number of nitrogens with zero attached hydrogens (tertiary/aromatic N) is 4. The number of halogens is 5. The fourth-order valence-corrected chi connectivity index (χ4v) is 2.94. The first-order chi connectivity index (χ1) is 13.7. The van der Waals surface area contributed by atoms with Crippen LogP contribution in [0.5, 0.6) is 0 Å². The Kier molecular flexibility index (Phi) is 4.32. The van der Waals surface area contributed by atoms with E-state index in [2.05, 4.69) is 15.1 Å². The van der Waals surface area contributed by atoms with Gasteiger partial charge in [0.2, 0.25) is 0 Å². The van der Waals surface area contributed by atoms with Crippen LogP contribution in [0.25, 0.3) is 17.1 Å². The number of hydrogen-bond acceptors (Lipinski definition) is 4. The molecule has 1 amide bonds. The summed E-state index contributed by atoms with van der Waals surface area (Å²) in [5, 5.41) is 3.56. The molecular formula is C18H12F5N5O. The van der Waals surface area contributed by atoms with Crippen molar-refractivity contribution in [3.63, 3.8) is 0 Å². The molecule has 0 bridgehead atoms. The van der Waals surface area contributed by atoms with Crippen molar-refractivity contribution in [3.8, 4) is 17.1 Å². The third kappa shape index (κ3) is 3.43. The summed E-state index contributed by atoms with van der Waals surface area (Å²) in [5.74, 6) is -3.74. The third-order valence-electron chi connectivity index (χ3n) is 4.50. The molecule has 0 unspecified atom stereocenters. The van der Waals surface area contributed by atoms with Gasteiger partial charge in [0.1, 0.15) is 17.2 Å². The smallest absolute Gasteiger partial charge is 0.365 e. The van der Waals surface area contributed by atoms with Crippen LogP contribution in [-0.2, 0) is 6.18 Å². The molecule has 4 rings (SSSR count). The number of carbonyl (C=O) groups excluding carboxylic acids is 1. The van der Waals surface area contributed by atoms with Gasteiger partial charge < -0.3 is 5.73 Å². The molecule has 150 valence electrons. The molecule has 0 atom stereocenters. The summed E-state index contributed by atoms with van der Waals surface area (Å²) >= 11 is 0. The van der Waals surface area contributed by atoms with Gasteiger partial charge in [-0.25, -0.2) is 23.4 Å². The van der Waals surface area contributed by atoms with E-state index in [0.717, 1.165) is 48.1 Å². The summed E-state index contributed by atoms with van der Waals surface area (Å²) in [5.41, 5.74) is 3.30. The number of primary amides is 1. The molecule has 1 fully saturated rings. The number of nitrogens with two attached hydrogens (primary N) is 1. The zero-order chi connectivity index (χ0) is 20.9. The number of hydrogen-bond donors (Lipinski definition) is 1. The minimum atomic E-state index is -4.61. The highest BCUT2D eigenvalue weighted by Gasteiger charge is 2.38.